The maximum atomic E-state index is 2.58. The van der Waals surface area contributed by atoms with E-state index in [0.717, 1.165) is 24.7 Å². The Bertz CT molecular complexity index is 1750. The Labute approximate surface area is 228 Å². The van der Waals surface area contributed by atoms with Crippen molar-refractivity contribution in [3.05, 3.63) is 117 Å². The molecule has 8 rings (SSSR count). The summed E-state index contributed by atoms with van der Waals surface area (Å²) in [4.78, 5) is 3.29. The molecule has 0 N–H and O–H groups in total. The Hall–Kier alpha value is -3.36. The first-order valence-corrected chi connectivity index (χ1v) is 15.3. The summed E-state index contributed by atoms with van der Waals surface area (Å²) in [5.41, 5.74) is 12.3. The third kappa shape index (κ3) is 3.29. The number of hydrogen-bond donors (Lipinski definition) is 0. The highest BCUT2D eigenvalue weighted by Gasteiger charge is 2.49. The van der Waals surface area contributed by atoms with Gasteiger partial charge in [-0.2, -0.15) is 0 Å². The van der Waals surface area contributed by atoms with Crippen molar-refractivity contribution < 1.29 is 0 Å². The summed E-state index contributed by atoms with van der Waals surface area (Å²) in [6, 6.07) is 11.8. The number of aromatic nitrogens is 1. The first-order valence-electron chi connectivity index (χ1n) is 14.1. The average Bonchev–Trinajstić information content (AvgIpc) is 3.68. The maximum absolute atomic E-state index is 2.58. The lowest BCUT2D eigenvalue weighted by molar-refractivity contribution is 0.662. The third-order valence-corrected chi connectivity index (χ3v) is 11.4. The fraction of sp³-hybridized carbons (Fsp3) is 0.250. The first kappa shape index (κ1) is 22.6. The second kappa shape index (κ2) is 8.32. The molecule has 188 valence electrons. The van der Waals surface area contributed by atoms with Gasteiger partial charge in [0.15, 0.2) is 0 Å². The molecule has 0 amide bonds. The molecule has 38 heavy (non-hydrogen) atoms. The number of allylic oxidation sites excluding steroid dienone is 10. The van der Waals surface area contributed by atoms with Gasteiger partial charge in [0.05, 0.1) is 5.52 Å². The maximum Gasteiger partial charge on any atom is 0.0538 e. The smallest absolute Gasteiger partial charge is 0.0538 e. The summed E-state index contributed by atoms with van der Waals surface area (Å²) in [7, 11) is 0.119. The van der Waals surface area contributed by atoms with Crippen molar-refractivity contribution >= 4 is 38.0 Å². The summed E-state index contributed by atoms with van der Waals surface area (Å²) in [5.74, 6) is 2.17. The molecule has 2 heteroatoms. The number of aryl methyl sites for hydroxylation is 3. The average molecular weight is 512 g/mol. The molecule has 4 unspecified atom stereocenters. The van der Waals surface area contributed by atoms with Crippen molar-refractivity contribution in [2.75, 3.05) is 0 Å². The molecule has 5 aliphatic rings. The molecule has 3 aromatic rings. The lowest BCUT2D eigenvalue weighted by Gasteiger charge is -2.28. The van der Waals surface area contributed by atoms with Crippen LogP contribution in [0.25, 0.3) is 33.8 Å². The minimum absolute atomic E-state index is 0.119. The first-order chi connectivity index (χ1) is 18.6. The quantitative estimate of drug-likeness (QED) is 0.302. The van der Waals surface area contributed by atoms with Crippen molar-refractivity contribution in [2.45, 2.75) is 40.0 Å². The van der Waals surface area contributed by atoms with E-state index < -0.39 is 0 Å². The molecule has 0 radical (unpaired) electrons. The topological polar surface area (TPSA) is 4.93 Å². The summed E-state index contributed by atoms with van der Waals surface area (Å²) < 4.78 is 2.58. The summed E-state index contributed by atoms with van der Waals surface area (Å²) in [6.45, 7) is 6.69. The molecular weight excluding hydrogens is 478 g/mol. The van der Waals surface area contributed by atoms with Crippen molar-refractivity contribution in [2.24, 2.45) is 17.8 Å². The van der Waals surface area contributed by atoms with E-state index >= 15 is 0 Å². The Morgan fingerprint density at radius 2 is 1.82 bits per heavy atom. The van der Waals surface area contributed by atoms with Crippen LogP contribution in [-0.2, 0) is 6.42 Å². The van der Waals surface area contributed by atoms with E-state index in [1.807, 2.05) is 0 Å². The van der Waals surface area contributed by atoms with E-state index in [0.29, 0.717) is 5.92 Å². The van der Waals surface area contributed by atoms with E-state index in [2.05, 4.69) is 116 Å². The third-order valence-electron chi connectivity index (χ3n) is 9.13. The summed E-state index contributed by atoms with van der Waals surface area (Å²) >= 11 is 0. The van der Waals surface area contributed by atoms with E-state index in [4.69, 9.17) is 0 Å². The van der Waals surface area contributed by atoms with Crippen LogP contribution in [0.1, 0.15) is 40.8 Å². The minimum atomic E-state index is 0.119. The number of benzene rings is 2. The minimum Gasteiger partial charge on any atom is -0.313 e. The van der Waals surface area contributed by atoms with Gasteiger partial charge in [0.1, 0.15) is 0 Å². The van der Waals surface area contributed by atoms with E-state index in [1.165, 1.54) is 62.1 Å². The lowest BCUT2D eigenvalue weighted by atomic mass is 9.92. The molecule has 2 aliphatic heterocycles. The van der Waals surface area contributed by atoms with E-state index in [-0.39, 0.29) is 10.5 Å². The summed E-state index contributed by atoms with van der Waals surface area (Å²) in [5, 5.41) is 3.84. The molecule has 1 fully saturated rings. The Balaban J connectivity index is 1.33. The highest BCUT2D eigenvalue weighted by Crippen LogP contribution is 2.60. The van der Waals surface area contributed by atoms with E-state index in [1.54, 1.807) is 9.77 Å². The van der Waals surface area contributed by atoms with Crippen molar-refractivity contribution in [1.82, 2.24) is 4.57 Å². The van der Waals surface area contributed by atoms with Crippen LogP contribution >= 0.6 is 10.5 Å². The monoisotopic (exact) mass is 511 g/mol. The highest BCUT2D eigenvalue weighted by molar-refractivity contribution is 8.22. The van der Waals surface area contributed by atoms with Crippen molar-refractivity contribution in [3.63, 3.8) is 0 Å². The van der Waals surface area contributed by atoms with Crippen LogP contribution in [-0.4, -0.2) is 9.43 Å². The van der Waals surface area contributed by atoms with Gasteiger partial charge >= 0.3 is 0 Å². The van der Waals surface area contributed by atoms with Crippen molar-refractivity contribution in [3.8, 4) is 11.1 Å². The van der Waals surface area contributed by atoms with Crippen LogP contribution < -0.4 is 0 Å². The van der Waals surface area contributed by atoms with Crippen LogP contribution in [0.2, 0.25) is 0 Å². The second-order valence-corrected chi connectivity index (χ2v) is 13.5. The predicted octanol–water partition coefficient (Wildman–Crippen LogP) is 9.28. The van der Waals surface area contributed by atoms with Gasteiger partial charge in [-0.1, -0.05) is 66.3 Å². The molecule has 0 bridgehead atoms. The molecule has 1 aromatic heterocycles. The van der Waals surface area contributed by atoms with Gasteiger partial charge in [0, 0.05) is 28.3 Å². The van der Waals surface area contributed by atoms with Gasteiger partial charge in [0.25, 0.3) is 0 Å². The van der Waals surface area contributed by atoms with Gasteiger partial charge in [0.2, 0.25) is 0 Å². The number of nitrogens with zero attached hydrogens (tertiary/aromatic N) is 1. The second-order valence-electron chi connectivity index (χ2n) is 11.6. The predicted molar refractivity (Wildman–Crippen MR) is 166 cm³/mol. The number of hydrogen-bond acceptors (Lipinski definition) is 0. The molecule has 0 spiro atoms. The fourth-order valence-electron chi connectivity index (χ4n) is 7.54. The largest absolute Gasteiger partial charge is 0.313 e. The highest BCUT2D eigenvalue weighted by atomic mass is 32.2. The Kier molecular flexibility index (Phi) is 4.95. The van der Waals surface area contributed by atoms with E-state index in [9.17, 15) is 0 Å². The Morgan fingerprint density at radius 1 is 0.947 bits per heavy atom. The van der Waals surface area contributed by atoms with Gasteiger partial charge < -0.3 is 4.57 Å². The molecule has 3 aliphatic carbocycles. The number of rotatable bonds is 2. The standard InChI is InChI=1S/C36H33NS/c1-22-17-23(2)36(24(3)18-22)25-14-15-33-30(19-25)27-10-4-5-12-32(27)37(33)26-9-8-11-28-29-21-31(29)34-13-6-7-16-38(34)35(28)20-26/h4,6-11,13-20,28-29,31H,5,12,21H2,1-3H3. The lowest BCUT2D eigenvalue weighted by Crippen LogP contribution is -2.16. The molecule has 1 saturated carbocycles. The van der Waals surface area contributed by atoms with Crippen molar-refractivity contribution in [1.29, 1.82) is 0 Å². The van der Waals surface area contributed by atoms with Gasteiger partial charge in [-0.05, 0) is 114 Å². The zero-order chi connectivity index (χ0) is 25.5. The molecule has 1 nitrogen and oxygen atoms in total. The fourth-order valence-corrected chi connectivity index (χ4v) is 9.99. The molecule has 3 heterocycles. The van der Waals surface area contributed by atoms with Crippen LogP contribution in [0.5, 0.6) is 0 Å². The van der Waals surface area contributed by atoms with Crippen LogP contribution in [0, 0.1) is 38.5 Å². The van der Waals surface area contributed by atoms with Gasteiger partial charge in [-0.25, -0.2) is 0 Å². The number of fused-ring (bicyclic) bond motifs is 8. The summed E-state index contributed by atoms with van der Waals surface area (Å²) in [6.07, 6.45) is 25.0. The molecule has 2 aromatic carbocycles. The van der Waals surface area contributed by atoms with Crippen LogP contribution in [0.15, 0.2) is 89.3 Å². The van der Waals surface area contributed by atoms with Gasteiger partial charge in [-0.15, -0.1) is 10.5 Å². The van der Waals surface area contributed by atoms with Crippen LogP contribution in [0.3, 0.4) is 0 Å². The molecule has 4 atom stereocenters. The normalized spacial score (nSPS) is 26.3. The zero-order valence-electron chi connectivity index (χ0n) is 22.4. The van der Waals surface area contributed by atoms with Crippen LogP contribution in [0.4, 0.5) is 0 Å². The Morgan fingerprint density at radius 3 is 2.68 bits per heavy atom. The SMILES string of the molecule is Cc1cc(C)c(-c2ccc3c(c2)c2c(n3C3=CC=CC4C(=C3)S3=C(C=CC=C3)C3CC43)CCC=C2)c(C)c1. The van der Waals surface area contributed by atoms with Gasteiger partial charge in [-0.3, -0.25) is 0 Å². The molecular formula is C36H33NS. The zero-order valence-corrected chi connectivity index (χ0v) is 23.2. The molecule has 0 saturated heterocycles.